The molecule has 0 aliphatic carbocycles. The Morgan fingerprint density at radius 3 is 3.04 bits per heavy atom. The number of nitrogens with zero attached hydrogens (tertiary/aromatic N) is 5. The Labute approximate surface area is 151 Å². The Hall–Kier alpha value is -1.54. The molecule has 1 N–H and O–H groups in total. The van der Waals surface area contributed by atoms with E-state index >= 15 is 0 Å². The van der Waals surface area contributed by atoms with Crippen LogP contribution in [0.5, 0.6) is 0 Å². The van der Waals surface area contributed by atoms with E-state index in [1.54, 1.807) is 11.3 Å². The Bertz CT molecular complexity index is 815. The summed E-state index contributed by atoms with van der Waals surface area (Å²) in [7, 11) is 0. The van der Waals surface area contributed by atoms with Gasteiger partial charge < -0.3 is 5.32 Å². The molecule has 0 radical (unpaired) electrons. The Kier molecular flexibility index (Phi) is 5.15. The molecule has 1 aliphatic rings. The lowest BCUT2D eigenvalue weighted by molar-refractivity contribution is 0.150. The lowest BCUT2D eigenvalue weighted by atomic mass is 10.0. The molecule has 0 amide bonds. The van der Waals surface area contributed by atoms with E-state index in [0.29, 0.717) is 6.04 Å². The van der Waals surface area contributed by atoms with Crippen LogP contribution in [-0.2, 0) is 6.54 Å². The molecule has 4 heterocycles. The van der Waals surface area contributed by atoms with Gasteiger partial charge in [-0.25, -0.2) is 9.50 Å². The normalized spacial score (nSPS) is 18.7. The molecule has 0 saturated carbocycles. The molecule has 1 atom stereocenters. The number of aromatic nitrogens is 4. The van der Waals surface area contributed by atoms with Gasteiger partial charge in [0.2, 0.25) is 4.96 Å². The number of rotatable bonds is 3. The quantitative estimate of drug-likeness (QED) is 0.773. The maximum atomic E-state index is 4.66. The Balaban J connectivity index is 0.00000169. The van der Waals surface area contributed by atoms with E-state index in [0.717, 1.165) is 41.8 Å². The second-order valence-corrected chi connectivity index (χ2v) is 7.10. The van der Waals surface area contributed by atoms with Crippen LogP contribution in [0.15, 0.2) is 24.5 Å². The zero-order valence-electron chi connectivity index (χ0n) is 13.8. The summed E-state index contributed by atoms with van der Waals surface area (Å²) in [5, 5.41) is 9.16. The average Bonchev–Trinajstić information content (AvgIpc) is 3.05. The van der Waals surface area contributed by atoms with Gasteiger partial charge in [0, 0.05) is 44.6 Å². The van der Waals surface area contributed by atoms with E-state index in [1.165, 1.54) is 11.3 Å². The SMILES string of the molecule is Cc1nn2c(CN3CCNCC3c3cccnc3)c(C)nc2s1.Cl. The number of aryl methyl sites for hydroxylation is 2. The van der Waals surface area contributed by atoms with Gasteiger partial charge in [0.25, 0.3) is 0 Å². The van der Waals surface area contributed by atoms with Crippen molar-refractivity contribution < 1.29 is 0 Å². The molecule has 4 rings (SSSR count). The zero-order valence-corrected chi connectivity index (χ0v) is 15.4. The number of imidazole rings is 1. The molecular weight excluding hydrogens is 344 g/mol. The highest BCUT2D eigenvalue weighted by molar-refractivity contribution is 7.16. The Morgan fingerprint density at radius 2 is 2.25 bits per heavy atom. The Morgan fingerprint density at radius 1 is 1.38 bits per heavy atom. The molecule has 0 aromatic carbocycles. The number of piperazine rings is 1. The molecule has 1 aliphatic heterocycles. The van der Waals surface area contributed by atoms with Crippen LogP contribution in [0.25, 0.3) is 4.96 Å². The van der Waals surface area contributed by atoms with Gasteiger partial charge in [0.1, 0.15) is 5.01 Å². The van der Waals surface area contributed by atoms with Crippen LogP contribution in [-0.4, -0.2) is 44.1 Å². The first-order valence-electron chi connectivity index (χ1n) is 7.88. The number of fused-ring (bicyclic) bond motifs is 1. The van der Waals surface area contributed by atoms with Gasteiger partial charge in [0.05, 0.1) is 11.4 Å². The van der Waals surface area contributed by atoms with E-state index in [-0.39, 0.29) is 12.4 Å². The van der Waals surface area contributed by atoms with Crippen LogP contribution in [0.2, 0.25) is 0 Å². The standard InChI is InChI=1S/C16H20N6S.ClH/c1-11-15(22-16(19-11)23-12(2)20-22)10-21-7-6-18-9-14(21)13-4-3-5-17-8-13;/h3-5,8,14,18H,6-7,9-10H2,1-2H3;1H. The number of pyridine rings is 1. The second-order valence-electron chi connectivity index (χ2n) is 5.94. The molecule has 24 heavy (non-hydrogen) atoms. The summed E-state index contributed by atoms with van der Waals surface area (Å²) in [6, 6.07) is 4.50. The van der Waals surface area contributed by atoms with E-state index in [1.807, 2.05) is 29.9 Å². The molecule has 1 saturated heterocycles. The van der Waals surface area contributed by atoms with Crippen LogP contribution >= 0.6 is 23.7 Å². The topological polar surface area (TPSA) is 58.4 Å². The summed E-state index contributed by atoms with van der Waals surface area (Å²) in [6.07, 6.45) is 3.79. The first-order chi connectivity index (χ1) is 11.2. The molecule has 6 nitrogen and oxygen atoms in total. The van der Waals surface area contributed by atoms with Gasteiger partial charge in [-0.05, 0) is 25.5 Å². The van der Waals surface area contributed by atoms with Crippen LogP contribution < -0.4 is 5.32 Å². The predicted octanol–water partition coefficient (Wildman–Crippen LogP) is 2.37. The molecule has 128 valence electrons. The molecule has 1 unspecified atom stereocenters. The monoisotopic (exact) mass is 364 g/mol. The molecule has 3 aromatic rings. The van der Waals surface area contributed by atoms with E-state index < -0.39 is 0 Å². The van der Waals surface area contributed by atoms with Gasteiger partial charge >= 0.3 is 0 Å². The van der Waals surface area contributed by atoms with Crippen molar-refractivity contribution in [2.75, 3.05) is 19.6 Å². The molecule has 0 spiro atoms. The van der Waals surface area contributed by atoms with E-state index in [9.17, 15) is 0 Å². The highest BCUT2D eigenvalue weighted by Gasteiger charge is 2.26. The zero-order chi connectivity index (χ0) is 15.8. The molecule has 3 aromatic heterocycles. The number of hydrogen-bond acceptors (Lipinski definition) is 6. The third kappa shape index (κ3) is 3.17. The van der Waals surface area contributed by atoms with Crippen molar-refractivity contribution in [3.8, 4) is 0 Å². The fourth-order valence-electron chi connectivity index (χ4n) is 3.20. The second kappa shape index (κ2) is 7.14. The van der Waals surface area contributed by atoms with Crippen LogP contribution in [0, 0.1) is 13.8 Å². The van der Waals surface area contributed by atoms with Gasteiger partial charge in [-0.1, -0.05) is 17.4 Å². The average molecular weight is 365 g/mol. The number of hydrogen-bond donors (Lipinski definition) is 1. The van der Waals surface area contributed by atoms with Gasteiger partial charge in [0.15, 0.2) is 0 Å². The summed E-state index contributed by atoms with van der Waals surface area (Å²) in [5.74, 6) is 0. The number of nitrogens with one attached hydrogen (secondary N) is 1. The predicted molar refractivity (Wildman–Crippen MR) is 97.8 cm³/mol. The maximum Gasteiger partial charge on any atom is 0.212 e. The van der Waals surface area contributed by atoms with Crippen LogP contribution in [0.4, 0.5) is 0 Å². The summed E-state index contributed by atoms with van der Waals surface area (Å²) in [5.41, 5.74) is 3.53. The van der Waals surface area contributed by atoms with E-state index in [4.69, 9.17) is 0 Å². The molecule has 8 heteroatoms. The summed E-state index contributed by atoms with van der Waals surface area (Å²) >= 11 is 1.65. The van der Waals surface area contributed by atoms with Crippen LogP contribution in [0.1, 0.15) is 28.0 Å². The highest BCUT2D eigenvalue weighted by atomic mass is 35.5. The van der Waals surface area contributed by atoms with Crippen molar-refractivity contribution in [3.63, 3.8) is 0 Å². The molecule has 0 bridgehead atoms. The fraction of sp³-hybridized carbons (Fsp3) is 0.438. The van der Waals surface area contributed by atoms with Crippen molar-refractivity contribution in [2.24, 2.45) is 0 Å². The largest absolute Gasteiger partial charge is 0.314 e. The third-order valence-electron chi connectivity index (χ3n) is 4.37. The minimum atomic E-state index is 0. The summed E-state index contributed by atoms with van der Waals surface area (Å²) in [4.78, 5) is 12.4. The minimum Gasteiger partial charge on any atom is -0.314 e. The van der Waals surface area contributed by atoms with Crippen molar-refractivity contribution >= 4 is 28.7 Å². The summed E-state index contributed by atoms with van der Waals surface area (Å²) in [6.45, 7) is 7.93. The van der Waals surface area contributed by atoms with Crippen LogP contribution in [0.3, 0.4) is 0 Å². The summed E-state index contributed by atoms with van der Waals surface area (Å²) < 4.78 is 2.01. The van der Waals surface area contributed by atoms with E-state index in [2.05, 4.69) is 38.3 Å². The van der Waals surface area contributed by atoms with Gasteiger partial charge in [-0.2, -0.15) is 5.10 Å². The minimum absolute atomic E-state index is 0. The maximum absolute atomic E-state index is 4.66. The first kappa shape index (κ1) is 17.3. The highest BCUT2D eigenvalue weighted by Crippen LogP contribution is 2.26. The van der Waals surface area contributed by atoms with Gasteiger partial charge in [-0.15, -0.1) is 12.4 Å². The number of halogens is 1. The van der Waals surface area contributed by atoms with Crippen molar-refractivity contribution in [3.05, 3.63) is 46.5 Å². The molecular formula is C16H21ClN6S. The molecule has 1 fully saturated rings. The third-order valence-corrected chi connectivity index (χ3v) is 5.20. The van der Waals surface area contributed by atoms with Crippen molar-refractivity contribution in [1.82, 2.24) is 29.8 Å². The van der Waals surface area contributed by atoms with Crippen molar-refractivity contribution in [2.45, 2.75) is 26.4 Å². The first-order valence-corrected chi connectivity index (χ1v) is 8.70. The lowest BCUT2D eigenvalue weighted by Crippen LogP contribution is -2.45. The van der Waals surface area contributed by atoms with Gasteiger partial charge in [-0.3, -0.25) is 9.88 Å². The lowest BCUT2D eigenvalue weighted by Gasteiger charge is -2.36. The smallest absolute Gasteiger partial charge is 0.212 e. The fourth-order valence-corrected chi connectivity index (χ4v) is 4.00. The van der Waals surface area contributed by atoms with Crippen molar-refractivity contribution in [1.29, 1.82) is 0 Å².